The highest BCUT2D eigenvalue weighted by Gasteiger charge is 2.00. The minimum atomic E-state index is 0.469. The molecule has 1 aromatic carbocycles. The molecular formula is C11H14ClNO. The molecule has 0 fully saturated rings. The Balaban J connectivity index is 2.71. The van der Waals surface area contributed by atoms with Gasteiger partial charge in [0.05, 0.1) is 5.69 Å². The maximum Gasteiger partial charge on any atom is 0.142 e. The van der Waals surface area contributed by atoms with E-state index in [1.807, 2.05) is 32.0 Å². The van der Waals surface area contributed by atoms with Gasteiger partial charge in [0.2, 0.25) is 0 Å². The van der Waals surface area contributed by atoms with Gasteiger partial charge in [-0.05, 0) is 37.1 Å². The summed E-state index contributed by atoms with van der Waals surface area (Å²) < 4.78 is 5.49. The van der Waals surface area contributed by atoms with E-state index >= 15 is 0 Å². The van der Waals surface area contributed by atoms with Crippen LogP contribution in [-0.2, 0) is 0 Å². The van der Waals surface area contributed by atoms with Crippen LogP contribution in [0.2, 0.25) is 0 Å². The topological polar surface area (TPSA) is 35.2 Å². The van der Waals surface area contributed by atoms with Crippen molar-refractivity contribution in [2.24, 2.45) is 0 Å². The Kier molecular flexibility index (Phi) is 3.84. The summed E-state index contributed by atoms with van der Waals surface area (Å²) in [4.78, 5) is 0. The van der Waals surface area contributed by atoms with Gasteiger partial charge >= 0.3 is 0 Å². The van der Waals surface area contributed by atoms with Crippen molar-refractivity contribution in [1.82, 2.24) is 0 Å². The number of anilines is 1. The quantitative estimate of drug-likeness (QED) is 0.780. The van der Waals surface area contributed by atoms with E-state index in [2.05, 4.69) is 0 Å². The lowest BCUT2D eigenvalue weighted by atomic mass is 10.2. The van der Waals surface area contributed by atoms with E-state index in [1.54, 1.807) is 0 Å². The number of nitrogens with two attached hydrogens (primary N) is 1. The predicted octanol–water partition coefficient (Wildman–Crippen LogP) is 3.10. The van der Waals surface area contributed by atoms with Gasteiger partial charge in [-0.15, -0.1) is 0 Å². The highest BCUT2D eigenvalue weighted by Crippen LogP contribution is 2.22. The standard InChI is InChI=1S/C11H14ClNO/c1-8-3-4-10(13)11(5-8)14-7-9(2)6-12/h3-6H,7,13H2,1-2H3/b9-6-. The molecule has 0 aliphatic heterocycles. The molecule has 2 nitrogen and oxygen atoms in total. The average molecular weight is 212 g/mol. The first kappa shape index (κ1) is 10.9. The smallest absolute Gasteiger partial charge is 0.142 e. The van der Waals surface area contributed by atoms with E-state index in [0.717, 1.165) is 11.1 Å². The monoisotopic (exact) mass is 211 g/mol. The lowest BCUT2D eigenvalue weighted by Crippen LogP contribution is -2.01. The number of benzene rings is 1. The molecule has 0 saturated carbocycles. The average Bonchev–Trinajstić information content (AvgIpc) is 2.19. The zero-order valence-corrected chi connectivity index (χ0v) is 9.14. The normalized spacial score (nSPS) is 11.5. The van der Waals surface area contributed by atoms with Gasteiger partial charge in [0.25, 0.3) is 0 Å². The molecule has 0 saturated heterocycles. The molecule has 0 bridgehead atoms. The van der Waals surface area contributed by atoms with E-state index in [4.69, 9.17) is 22.1 Å². The summed E-state index contributed by atoms with van der Waals surface area (Å²) in [5.41, 5.74) is 9.99. The Labute approximate surface area is 89.3 Å². The minimum absolute atomic E-state index is 0.469. The zero-order valence-electron chi connectivity index (χ0n) is 8.38. The van der Waals surface area contributed by atoms with Gasteiger partial charge in [0.15, 0.2) is 0 Å². The summed E-state index contributed by atoms with van der Waals surface area (Å²) in [6, 6.07) is 5.70. The van der Waals surface area contributed by atoms with E-state index in [9.17, 15) is 0 Å². The number of ether oxygens (including phenoxy) is 1. The summed E-state index contributed by atoms with van der Waals surface area (Å²) in [6.45, 7) is 4.37. The molecule has 0 aliphatic carbocycles. The second kappa shape index (κ2) is 4.91. The van der Waals surface area contributed by atoms with Crippen molar-refractivity contribution in [3.05, 3.63) is 34.9 Å². The van der Waals surface area contributed by atoms with Crippen LogP contribution in [-0.4, -0.2) is 6.61 Å². The summed E-state index contributed by atoms with van der Waals surface area (Å²) in [7, 11) is 0. The van der Waals surface area contributed by atoms with Crippen LogP contribution in [0, 0.1) is 6.92 Å². The van der Waals surface area contributed by atoms with E-state index in [1.165, 1.54) is 5.54 Å². The van der Waals surface area contributed by atoms with Crippen LogP contribution in [0.25, 0.3) is 0 Å². The number of hydrogen-bond donors (Lipinski definition) is 1. The number of nitrogen functional groups attached to an aromatic ring is 1. The third-order valence-corrected chi connectivity index (χ3v) is 2.18. The molecule has 1 aromatic rings. The summed E-state index contributed by atoms with van der Waals surface area (Å²) in [6.07, 6.45) is 0. The van der Waals surface area contributed by atoms with Crippen molar-refractivity contribution in [2.45, 2.75) is 13.8 Å². The summed E-state index contributed by atoms with van der Waals surface area (Å²) in [5, 5.41) is 0. The first-order chi connectivity index (χ1) is 6.63. The highest BCUT2D eigenvalue weighted by atomic mass is 35.5. The molecule has 3 heteroatoms. The lowest BCUT2D eigenvalue weighted by molar-refractivity contribution is 0.354. The first-order valence-corrected chi connectivity index (χ1v) is 4.82. The molecule has 2 N–H and O–H groups in total. The van der Waals surface area contributed by atoms with Crippen LogP contribution in [0.15, 0.2) is 29.3 Å². The first-order valence-electron chi connectivity index (χ1n) is 4.38. The Morgan fingerprint density at radius 1 is 1.57 bits per heavy atom. The largest absolute Gasteiger partial charge is 0.487 e. The minimum Gasteiger partial charge on any atom is -0.487 e. The number of aryl methyl sites for hydroxylation is 1. The molecule has 1 rings (SSSR count). The Hall–Kier alpha value is -1.15. The molecule has 0 unspecified atom stereocenters. The molecule has 0 atom stereocenters. The van der Waals surface area contributed by atoms with Gasteiger partial charge in [-0.2, -0.15) is 0 Å². The van der Waals surface area contributed by atoms with Gasteiger partial charge in [0.1, 0.15) is 12.4 Å². The van der Waals surface area contributed by atoms with E-state index in [0.29, 0.717) is 18.0 Å². The SMILES string of the molecule is C/C(=C/Cl)COc1cc(C)ccc1N. The number of rotatable bonds is 3. The predicted molar refractivity (Wildman–Crippen MR) is 60.7 cm³/mol. The lowest BCUT2D eigenvalue weighted by Gasteiger charge is -2.09. The third-order valence-electron chi connectivity index (χ3n) is 1.81. The van der Waals surface area contributed by atoms with Gasteiger partial charge in [0, 0.05) is 5.54 Å². The summed E-state index contributed by atoms with van der Waals surface area (Å²) in [5.74, 6) is 0.711. The fraction of sp³-hybridized carbons (Fsp3) is 0.273. The number of halogens is 1. The van der Waals surface area contributed by atoms with Crippen molar-refractivity contribution in [3.63, 3.8) is 0 Å². The van der Waals surface area contributed by atoms with Crippen LogP contribution in [0.4, 0.5) is 5.69 Å². The molecular weight excluding hydrogens is 198 g/mol. The molecule has 0 heterocycles. The second-order valence-corrected chi connectivity index (χ2v) is 3.50. The summed E-state index contributed by atoms with van der Waals surface area (Å²) >= 11 is 5.52. The van der Waals surface area contributed by atoms with Gasteiger partial charge in [-0.25, -0.2) is 0 Å². The molecule has 0 radical (unpaired) electrons. The Morgan fingerprint density at radius 3 is 2.93 bits per heavy atom. The maximum absolute atomic E-state index is 5.74. The Morgan fingerprint density at radius 2 is 2.29 bits per heavy atom. The van der Waals surface area contributed by atoms with Crippen LogP contribution >= 0.6 is 11.6 Å². The zero-order chi connectivity index (χ0) is 10.6. The molecule has 0 spiro atoms. The molecule has 76 valence electrons. The van der Waals surface area contributed by atoms with Crippen LogP contribution in [0.1, 0.15) is 12.5 Å². The van der Waals surface area contributed by atoms with Gasteiger partial charge in [-0.3, -0.25) is 0 Å². The van der Waals surface area contributed by atoms with Crippen LogP contribution < -0.4 is 10.5 Å². The van der Waals surface area contributed by atoms with Crippen molar-refractivity contribution in [3.8, 4) is 5.75 Å². The van der Waals surface area contributed by atoms with Crippen LogP contribution in [0.3, 0.4) is 0 Å². The second-order valence-electron chi connectivity index (χ2n) is 3.29. The van der Waals surface area contributed by atoms with Gasteiger partial charge < -0.3 is 10.5 Å². The highest BCUT2D eigenvalue weighted by molar-refractivity contribution is 6.25. The molecule has 14 heavy (non-hydrogen) atoms. The number of hydrogen-bond acceptors (Lipinski definition) is 2. The fourth-order valence-corrected chi connectivity index (χ4v) is 1.05. The van der Waals surface area contributed by atoms with Crippen molar-refractivity contribution >= 4 is 17.3 Å². The van der Waals surface area contributed by atoms with Crippen molar-refractivity contribution < 1.29 is 4.74 Å². The van der Waals surface area contributed by atoms with E-state index < -0.39 is 0 Å². The van der Waals surface area contributed by atoms with E-state index in [-0.39, 0.29) is 0 Å². The van der Waals surface area contributed by atoms with Crippen LogP contribution in [0.5, 0.6) is 5.75 Å². The maximum atomic E-state index is 5.74. The van der Waals surface area contributed by atoms with Crippen molar-refractivity contribution in [1.29, 1.82) is 0 Å². The van der Waals surface area contributed by atoms with Crippen molar-refractivity contribution in [2.75, 3.05) is 12.3 Å². The Bertz CT molecular complexity index is 347. The third kappa shape index (κ3) is 2.96. The molecule has 0 aliphatic rings. The van der Waals surface area contributed by atoms with Gasteiger partial charge in [-0.1, -0.05) is 17.7 Å². The molecule has 0 aromatic heterocycles. The fourth-order valence-electron chi connectivity index (χ4n) is 0.990. The molecule has 0 amide bonds.